The Morgan fingerprint density at radius 3 is 2.72 bits per heavy atom. The standard InChI is InChI=1S/C14H22BrN3/c1-9(2)10-5-3-4-6-13(10)18-14-11(15)7-17-8-12(14)16/h7-10,13H,3-6,16H2,1-2H3,(H,17,18). The van der Waals surface area contributed by atoms with Gasteiger partial charge >= 0.3 is 0 Å². The monoisotopic (exact) mass is 311 g/mol. The number of hydrogen-bond acceptors (Lipinski definition) is 3. The highest BCUT2D eigenvalue weighted by Crippen LogP contribution is 2.35. The fourth-order valence-corrected chi connectivity index (χ4v) is 3.39. The van der Waals surface area contributed by atoms with Crippen molar-refractivity contribution >= 4 is 27.3 Å². The number of nitrogens with two attached hydrogens (primary N) is 1. The number of aromatic nitrogens is 1. The molecule has 3 N–H and O–H groups in total. The second kappa shape index (κ2) is 5.91. The van der Waals surface area contributed by atoms with Crippen molar-refractivity contribution in [1.29, 1.82) is 0 Å². The maximum Gasteiger partial charge on any atom is 0.0752 e. The molecule has 1 aliphatic rings. The third kappa shape index (κ3) is 2.97. The summed E-state index contributed by atoms with van der Waals surface area (Å²) in [5, 5.41) is 3.64. The molecule has 1 aromatic heterocycles. The number of pyridine rings is 1. The highest BCUT2D eigenvalue weighted by molar-refractivity contribution is 9.10. The summed E-state index contributed by atoms with van der Waals surface area (Å²) in [5.74, 6) is 1.45. The first-order chi connectivity index (χ1) is 8.59. The number of anilines is 2. The van der Waals surface area contributed by atoms with E-state index in [0.717, 1.165) is 21.8 Å². The lowest BCUT2D eigenvalue weighted by molar-refractivity contribution is 0.254. The lowest BCUT2D eigenvalue weighted by Gasteiger charge is -2.36. The average molecular weight is 312 g/mol. The molecule has 0 spiro atoms. The van der Waals surface area contributed by atoms with E-state index in [2.05, 4.69) is 40.1 Å². The summed E-state index contributed by atoms with van der Waals surface area (Å²) in [7, 11) is 0. The van der Waals surface area contributed by atoms with E-state index in [1.165, 1.54) is 25.7 Å². The van der Waals surface area contributed by atoms with Crippen molar-refractivity contribution in [3.8, 4) is 0 Å². The lowest BCUT2D eigenvalue weighted by atomic mass is 9.78. The minimum absolute atomic E-state index is 0.528. The predicted molar refractivity (Wildman–Crippen MR) is 80.6 cm³/mol. The molecular formula is C14H22BrN3. The van der Waals surface area contributed by atoms with E-state index in [1.54, 1.807) is 12.4 Å². The van der Waals surface area contributed by atoms with Crippen molar-refractivity contribution in [2.45, 2.75) is 45.6 Å². The average Bonchev–Trinajstić information content (AvgIpc) is 2.34. The number of halogens is 1. The number of nitrogens with zero attached hydrogens (tertiary/aromatic N) is 1. The maximum atomic E-state index is 6.01. The summed E-state index contributed by atoms with van der Waals surface area (Å²) in [6.45, 7) is 4.63. The fraction of sp³-hybridized carbons (Fsp3) is 0.643. The van der Waals surface area contributed by atoms with E-state index in [0.29, 0.717) is 12.0 Å². The summed E-state index contributed by atoms with van der Waals surface area (Å²) in [4.78, 5) is 4.08. The van der Waals surface area contributed by atoms with Crippen LogP contribution in [0.5, 0.6) is 0 Å². The first-order valence-electron chi connectivity index (χ1n) is 6.75. The van der Waals surface area contributed by atoms with Crippen LogP contribution in [0.15, 0.2) is 16.9 Å². The molecule has 3 nitrogen and oxygen atoms in total. The molecule has 1 aromatic rings. The molecule has 100 valence electrons. The van der Waals surface area contributed by atoms with Gasteiger partial charge in [-0.15, -0.1) is 0 Å². The van der Waals surface area contributed by atoms with Crippen LogP contribution >= 0.6 is 15.9 Å². The van der Waals surface area contributed by atoms with Gasteiger partial charge in [0.2, 0.25) is 0 Å². The topological polar surface area (TPSA) is 50.9 Å². The van der Waals surface area contributed by atoms with Gasteiger partial charge in [-0.2, -0.15) is 0 Å². The van der Waals surface area contributed by atoms with Gasteiger partial charge in [-0.1, -0.05) is 26.7 Å². The van der Waals surface area contributed by atoms with Crippen molar-refractivity contribution in [2.75, 3.05) is 11.1 Å². The summed E-state index contributed by atoms with van der Waals surface area (Å²) in [6.07, 6.45) is 8.72. The zero-order valence-electron chi connectivity index (χ0n) is 11.1. The van der Waals surface area contributed by atoms with Crippen LogP contribution in [-0.2, 0) is 0 Å². The van der Waals surface area contributed by atoms with Gasteiger partial charge in [-0.3, -0.25) is 4.98 Å². The first-order valence-corrected chi connectivity index (χ1v) is 7.54. The van der Waals surface area contributed by atoms with Gasteiger partial charge < -0.3 is 11.1 Å². The Kier molecular flexibility index (Phi) is 4.49. The summed E-state index contributed by atoms with van der Waals surface area (Å²) in [6, 6.07) is 0.528. The zero-order valence-corrected chi connectivity index (χ0v) is 12.7. The molecule has 0 radical (unpaired) electrons. The molecule has 1 aliphatic carbocycles. The molecule has 1 saturated carbocycles. The van der Waals surface area contributed by atoms with E-state index < -0.39 is 0 Å². The van der Waals surface area contributed by atoms with Gasteiger partial charge in [-0.25, -0.2) is 0 Å². The summed E-state index contributed by atoms with van der Waals surface area (Å²) >= 11 is 3.53. The Morgan fingerprint density at radius 1 is 1.33 bits per heavy atom. The third-order valence-electron chi connectivity index (χ3n) is 3.93. The quantitative estimate of drug-likeness (QED) is 0.885. The van der Waals surface area contributed by atoms with Crippen LogP contribution in [0.3, 0.4) is 0 Å². The molecule has 0 amide bonds. The number of nitrogens with one attached hydrogen (secondary N) is 1. The van der Waals surface area contributed by atoms with Gasteiger partial charge in [0.25, 0.3) is 0 Å². The highest BCUT2D eigenvalue weighted by Gasteiger charge is 2.28. The normalized spacial score (nSPS) is 24.2. The van der Waals surface area contributed by atoms with Crippen molar-refractivity contribution in [3.05, 3.63) is 16.9 Å². The Bertz CT molecular complexity index is 386. The number of hydrogen-bond donors (Lipinski definition) is 2. The lowest BCUT2D eigenvalue weighted by Crippen LogP contribution is -2.35. The van der Waals surface area contributed by atoms with Crippen molar-refractivity contribution < 1.29 is 0 Å². The summed E-state index contributed by atoms with van der Waals surface area (Å²) < 4.78 is 0.954. The van der Waals surface area contributed by atoms with Crippen LogP contribution in [-0.4, -0.2) is 11.0 Å². The minimum Gasteiger partial charge on any atom is -0.396 e. The molecule has 18 heavy (non-hydrogen) atoms. The molecule has 0 aromatic carbocycles. The van der Waals surface area contributed by atoms with Crippen LogP contribution < -0.4 is 11.1 Å². The van der Waals surface area contributed by atoms with Crippen LogP contribution in [0, 0.1) is 11.8 Å². The van der Waals surface area contributed by atoms with Crippen LogP contribution in [0.1, 0.15) is 39.5 Å². The van der Waals surface area contributed by atoms with Crippen molar-refractivity contribution in [2.24, 2.45) is 11.8 Å². The first kappa shape index (κ1) is 13.7. The molecule has 0 aliphatic heterocycles. The van der Waals surface area contributed by atoms with E-state index in [4.69, 9.17) is 5.73 Å². The molecule has 2 rings (SSSR count). The van der Waals surface area contributed by atoms with Gasteiger partial charge in [-0.05, 0) is 40.6 Å². The van der Waals surface area contributed by atoms with E-state index in [9.17, 15) is 0 Å². The van der Waals surface area contributed by atoms with Crippen molar-refractivity contribution in [3.63, 3.8) is 0 Å². The van der Waals surface area contributed by atoms with Gasteiger partial charge in [0, 0.05) is 12.2 Å². The van der Waals surface area contributed by atoms with Crippen LogP contribution in [0.25, 0.3) is 0 Å². The van der Waals surface area contributed by atoms with E-state index >= 15 is 0 Å². The SMILES string of the molecule is CC(C)C1CCCCC1Nc1c(N)cncc1Br. The van der Waals surface area contributed by atoms with Gasteiger partial charge in [0.1, 0.15) is 0 Å². The summed E-state index contributed by atoms with van der Waals surface area (Å²) in [5.41, 5.74) is 7.73. The fourth-order valence-electron chi connectivity index (χ4n) is 2.92. The van der Waals surface area contributed by atoms with Crippen LogP contribution in [0.4, 0.5) is 11.4 Å². The molecule has 0 bridgehead atoms. The number of rotatable bonds is 3. The second-order valence-corrected chi connectivity index (χ2v) is 6.38. The molecule has 1 fully saturated rings. The van der Waals surface area contributed by atoms with Gasteiger partial charge in [0.15, 0.2) is 0 Å². The Morgan fingerprint density at radius 2 is 2.06 bits per heavy atom. The Balaban J connectivity index is 2.16. The number of nitrogen functional groups attached to an aromatic ring is 1. The highest BCUT2D eigenvalue weighted by atomic mass is 79.9. The largest absolute Gasteiger partial charge is 0.396 e. The zero-order chi connectivity index (χ0) is 13.1. The predicted octanol–water partition coefficient (Wildman–Crippen LogP) is 4.05. The molecule has 4 heteroatoms. The van der Waals surface area contributed by atoms with E-state index in [1.807, 2.05) is 0 Å². The second-order valence-electron chi connectivity index (χ2n) is 5.53. The van der Waals surface area contributed by atoms with E-state index in [-0.39, 0.29) is 0 Å². The smallest absolute Gasteiger partial charge is 0.0752 e. The molecule has 2 unspecified atom stereocenters. The molecule has 0 saturated heterocycles. The molecular weight excluding hydrogens is 290 g/mol. The minimum atomic E-state index is 0.528. The molecule has 2 atom stereocenters. The third-order valence-corrected chi connectivity index (χ3v) is 4.54. The Hall–Kier alpha value is -0.770. The molecule has 1 heterocycles. The van der Waals surface area contributed by atoms with Gasteiger partial charge in [0.05, 0.1) is 22.0 Å². The van der Waals surface area contributed by atoms with Crippen molar-refractivity contribution in [1.82, 2.24) is 4.98 Å². The van der Waals surface area contributed by atoms with Crippen LogP contribution in [0.2, 0.25) is 0 Å². The Labute approximate surface area is 118 Å². The maximum absolute atomic E-state index is 6.01.